The van der Waals surface area contributed by atoms with Gasteiger partial charge in [-0.15, -0.1) is 0 Å². The lowest BCUT2D eigenvalue weighted by Crippen LogP contribution is -2.47. The Morgan fingerprint density at radius 2 is 2.00 bits per heavy atom. The number of carbonyl (C=O) groups is 2. The summed E-state index contributed by atoms with van der Waals surface area (Å²) in [6.07, 6.45) is 0.726. The number of rotatable bonds is 5. The topological polar surface area (TPSA) is 66.8 Å². The molecule has 1 unspecified atom stereocenters. The normalized spacial score (nSPS) is 19.2. The van der Waals surface area contributed by atoms with Gasteiger partial charge >= 0.3 is 5.97 Å². The Balaban J connectivity index is 2.01. The second-order valence-electron chi connectivity index (χ2n) is 6.89. The van der Waals surface area contributed by atoms with Gasteiger partial charge in [0, 0.05) is 13.1 Å². The Bertz CT molecular complexity index is 611. The number of aliphatic carboxylic acids is 1. The molecule has 1 aromatic rings. The number of aryl methyl sites for hydroxylation is 1. The lowest BCUT2D eigenvalue weighted by Gasteiger charge is -2.32. The fourth-order valence-electron chi connectivity index (χ4n) is 3.26. The van der Waals surface area contributed by atoms with Crippen LogP contribution in [0, 0.1) is 12.8 Å². The Kier molecular flexibility index (Phi) is 5.86. The molecular formula is C19H27NO4. The van der Waals surface area contributed by atoms with Gasteiger partial charge in [0.2, 0.25) is 0 Å². The molecule has 0 radical (unpaired) electrons. The van der Waals surface area contributed by atoms with Crippen LogP contribution in [0.3, 0.4) is 0 Å². The van der Waals surface area contributed by atoms with Crippen molar-refractivity contribution in [1.82, 2.24) is 4.90 Å². The lowest BCUT2D eigenvalue weighted by atomic mass is 9.98. The molecule has 1 amide bonds. The molecule has 1 aromatic carbocycles. The summed E-state index contributed by atoms with van der Waals surface area (Å²) in [5, 5.41) is 9.14. The molecule has 1 aliphatic rings. The number of amides is 1. The average molecular weight is 333 g/mol. The van der Waals surface area contributed by atoms with Gasteiger partial charge in [-0.2, -0.15) is 0 Å². The molecule has 5 nitrogen and oxygen atoms in total. The van der Waals surface area contributed by atoms with Crippen molar-refractivity contribution in [3.8, 4) is 5.75 Å². The van der Waals surface area contributed by atoms with E-state index in [-0.39, 0.29) is 12.5 Å². The minimum atomic E-state index is -0.832. The number of carboxylic acids is 1. The number of nitrogens with zero attached hydrogens (tertiary/aromatic N) is 1. The largest absolute Gasteiger partial charge is 0.481 e. The van der Waals surface area contributed by atoms with Crippen LogP contribution in [0.4, 0.5) is 0 Å². The SMILES string of the molecule is Cc1cc(OC(C)C(=O)N2CCC[C@H](C(=O)O)C2)ccc1C(C)C. The highest BCUT2D eigenvalue weighted by Gasteiger charge is 2.31. The molecule has 0 saturated carbocycles. The molecule has 132 valence electrons. The number of likely N-dealkylation sites (tertiary alicyclic amines) is 1. The highest BCUT2D eigenvalue weighted by molar-refractivity contribution is 5.82. The zero-order valence-corrected chi connectivity index (χ0v) is 14.9. The summed E-state index contributed by atoms with van der Waals surface area (Å²) >= 11 is 0. The Labute approximate surface area is 143 Å². The van der Waals surface area contributed by atoms with Gasteiger partial charge in [0.1, 0.15) is 5.75 Å². The zero-order valence-electron chi connectivity index (χ0n) is 14.9. The summed E-state index contributed by atoms with van der Waals surface area (Å²) in [7, 11) is 0. The molecule has 0 bridgehead atoms. The van der Waals surface area contributed by atoms with Crippen molar-refractivity contribution in [3.05, 3.63) is 29.3 Å². The molecule has 1 fully saturated rings. The van der Waals surface area contributed by atoms with Crippen LogP contribution in [-0.4, -0.2) is 41.1 Å². The van der Waals surface area contributed by atoms with Crippen LogP contribution in [0.2, 0.25) is 0 Å². The van der Waals surface area contributed by atoms with Crippen LogP contribution in [0.5, 0.6) is 5.75 Å². The third kappa shape index (κ3) is 4.28. The molecular weight excluding hydrogens is 306 g/mol. The first-order valence-electron chi connectivity index (χ1n) is 8.58. The standard InChI is InChI=1S/C19H27NO4/c1-12(2)17-8-7-16(10-13(17)3)24-14(4)18(21)20-9-5-6-15(11-20)19(22)23/h7-8,10,12,14-15H,5-6,9,11H2,1-4H3,(H,22,23)/t14?,15-/m0/s1. The maximum Gasteiger partial charge on any atom is 0.308 e. The predicted octanol–water partition coefficient (Wildman–Crippen LogP) is 3.21. The van der Waals surface area contributed by atoms with Crippen molar-refractivity contribution in [2.24, 2.45) is 5.92 Å². The first kappa shape index (κ1) is 18.3. The van der Waals surface area contributed by atoms with Crippen molar-refractivity contribution >= 4 is 11.9 Å². The summed E-state index contributed by atoms with van der Waals surface area (Å²) in [5.74, 6) is -0.334. The van der Waals surface area contributed by atoms with Gasteiger partial charge < -0.3 is 14.7 Å². The molecule has 0 aliphatic carbocycles. The number of piperidine rings is 1. The van der Waals surface area contributed by atoms with Crippen LogP contribution in [0.25, 0.3) is 0 Å². The van der Waals surface area contributed by atoms with Crippen LogP contribution in [0.15, 0.2) is 18.2 Å². The molecule has 1 saturated heterocycles. The zero-order chi connectivity index (χ0) is 17.9. The van der Waals surface area contributed by atoms with Gasteiger partial charge in [0.25, 0.3) is 5.91 Å². The first-order chi connectivity index (χ1) is 11.3. The molecule has 5 heteroatoms. The highest BCUT2D eigenvalue weighted by atomic mass is 16.5. The predicted molar refractivity (Wildman–Crippen MR) is 92.3 cm³/mol. The highest BCUT2D eigenvalue weighted by Crippen LogP contribution is 2.25. The molecule has 1 heterocycles. The van der Waals surface area contributed by atoms with Gasteiger partial charge in [-0.05, 0) is 55.9 Å². The molecule has 0 spiro atoms. The van der Waals surface area contributed by atoms with E-state index in [1.807, 2.05) is 25.1 Å². The minimum absolute atomic E-state index is 0.147. The molecule has 2 rings (SSSR count). The van der Waals surface area contributed by atoms with Crippen molar-refractivity contribution in [2.75, 3.05) is 13.1 Å². The van der Waals surface area contributed by atoms with Gasteiger partial charge in [0.15, 0.2) is 6.10 Å². The molecule has 1 N–H and O–H groups in total. The summed E-state index contributed by atoms with van der Waals surface area (Å²) in [5.41, 5.74) is 2.41. The Hall–Kier alpha value is -2.04. The fourth-order valence-corrected chi connectivity index (χ4v) is 3.26. The van der Waals surface area contributed by atoms with E-state index in [2.05, 4.69) is 13.8 Å². The number of ether oxygens (including phenoxy) is 1. The monoisotopic (exact) mass is 333 g/mol. The number of benzene rings is 1. The van der Waals surface area contributed by atoms with Crippen LogP contribution < -0.4 is 4.74 Å². The van der Waals surface area contributed by atoms with Gasteiger partial charge in [-0.3, -0.25) is 9.59 Å². The lowest BCUT2D eigenvalue weighted by molar-refractivity contribution is -0.147. The maximum absolute atomic E-state index is 12.5. The average Bonchev–Trinajstić information content (AvgIpc) is 2.53. The summed E-state index contributed by atoms with van der Waals surface area (Å²) in [4.78, 5) is 25.3. The van der Waals surface area contributed by atoms with E-state index in [9.17, 15) is 9.59 Å². The van der Waals surface area contributed by atoms with Crippen molar-refractivity contribution in [1.29, 1.82) is 0 Å². The van der Waals surface area contributed by atoms with E-state index >= 15 is 0 Å². The quantitative estimate of drug-likeness (QED) is 0.898. The summed E-state index contributed by atoms with van der Waals surface area (Å²) in [6, 6.07) is 5.88. The fraction of sp³-hybridized carbons (Fsp3) is 0.579. The van der Waals surface area contributed by atoms with Crippen LogP contribution in [0.1, 0.15) is 50.7 Å². The third-order valence-electron chi connectivity index (χ3n) is 4.61. The van der Waals surface area contributed by atoms with Gasteiger partial charge in [0.05, 0.1) is 5.92 Å². The second-order valence-corrected chi connectivity index (χ2v) is 6.89. The Morgan fingerprint density at radius 1 is 1.29 bits per heavy atom. The Morgan fingerprint density at radius 3 is 2.58 bits per heavy atom. The van der Waals surface area contributed by atoms with Gasteiger partial charge in [-0.1, -0.05) is 19.9 Å². The van der Waals surface area contributed by atoms with Gasteiger partial charge in [-0.25, -0.2) is 0 Å². The number of carbonyl (C=O) groups excluding carboxylic acids is 1. The molecule has 0 aromatic heterocycles. The van der Waals surface area contributed by atoms with Crippen LogP contribution in [-0.2, 0) is 9.59 Å². The maximum atomic E-state index is 12.5. The van der Waals surface area contributed by atoms with E-state index in [0.717, 1.165) is 12.0 Å². The van der Waals surface area contributed by atoms with E-state index in [4.69, 9.17) is 9.84 Å². The number of carboxylic acid groups (broad SMARTS) is 1. The molecule has 24 heavy (non-hydrogen) atoms. The van der Waals surface area contributed by atoms with Crippen molar-refractivity contribution in [3.63, 3.8) is 0 Å². The summed E-state index contributed by atoms with van der Waals surface area (Å²) in [6.45, 7) is 8.92. The van der Waals surface area contributed by atoms with Crippen LogP contribution >= 0.6 is 0 Å². The van der Waals surface area contributed by atoms with E-state index in [1.165, 1.54) is 5.56 Å². The first-order valence-corrected chi connectivity index (χ1v) is 8.58. The number of hydrogen-bond acceptors (Lipinski definition) is 3. The molecule has 2 atom stereocenters. The summed E-state index contributed by atoms with van der Waals surface area (Å²) < 4.78 is 5.80. The van der Waals surface area contributed by atoms with Crippen molar-refractivity contribution < 1.29 is 19.4 Å². The van der Waals surface area contributed by atoms with E-state index < -0.39 is 18.0 Å². The molecule has 1 aliphatic heterocycles. The minimum Gasteiger partial charge on any atom is -0.481 e. The van der Waals surface area contributed by atoms with Crippen molar-refractivity contribution in [2.45, 2.75) is 52.6 Å². The van der Waals surface area contributed by atoms with E-state index in [0.29, 0.717) is 24.6 Å². The second kappa shape index (κ2) is 7.69. The smallest absolute Gasteiger partial charge is 0.308 e. The number of hydrogen-bond donors (Lipinski definition) is 1. The van der Waals surface area contributed by atoms with E-state index in [1.54, 1.807) is 11.8 Å². The third-order valence-corrected chi connectivity index (χ3v) is 4.61.